The van der Waals surface area contributed by atoms with E-state index in [9.17, 15) is 9.18 Å². The molecular weight excluding hydrogens is 255 g/mol. The third-order valence-electron chi connectivity index (χ3n) is 3.62. The number of hydrogen-bond acceptors (Lipinski definition) is 2. The lowest BCUT2D eigenvalue weighted by molar-refractivity contribution is 0.0927. The Labute approximate surface area is 116 Å². The zero-order chi connectivity index (χ0) is 13.9. The molecule has 1 heterocycles. The molecular formula is C16H15FN2O. The van der Waals surface area contributed by atoms with E-state index >= 15 is 0 Å². The van der Waals surface area contributed by atoms with Gasteiger partial charge < -0.3 is 5.32 Å². The van der Waals surface area contributed by atoms with Crippen molar-refractivity contribution in [3.8, 4) is 0 Å². The summed E-state index contributed by atoms with van der Waals surface area (Å²) in [6.45, 7) is 0. The minimum atomic E-state index is -0.222. The monoisotopic (exact) mass is 270 g/mol. The van der Waals surface area contributed by atoms with Gasteiger partial charge in [0.15, 0.2) is 0 Å². The normalized spacial score (nSPS) is 17.4. The fourth-order valence-electron chi connectivity index (χ4n) is 2.66. The van der Waals surface area contributed by atoms with Crippen LogP contribution in [0.4, 0.5) is 4.39 Å². The minimum Gasteiger partial charge on any atom is -0.344 e. The van der Waals surface area contributed by atoms with Gasteiger partial charge in [-0.2, -0.15) is 0 Å². The van der Waals surface area contributed by atoms with E-state index in [4.69, 9.17) is 0 Å². The number of hydrogen-bond donors (Lipinski definition) is 1. The van der Waals surface area contributed by atoms with Crippen LogP contribution in [-0.4, -0.2) is 10.9 Å². The Morgan fingerprint density at radius 1 is 1.30 bits per heavy atom. The van der Waals surface area contributed by atoms with Gasteiger partial charge in [0.25, 0.3) is 5.91 Å². The number of halogens is 1. The smallest absolute Gasteiger partial charge is 0.270 e. The summed E-state index contributed by atoms with van der Waals surface area (Å²) in [5, 5.41) is 2.99. The van der Waals surface area contributed by atoms with Crippen LogP contribution in [0.25, 0.3) is 0 Å². The van der Waals surface area contributed by atoms with E-state index in [1.165, 1.54) is 6.07 Å². The molecule has 1 aliphatic rings. The van der Waals surface area contributed by atoms with Gasteiger partial charge in [0.2, 0.25) is 0 Å². The van der Waals surface area contributed by atoms with Gasteiger partial charge >= 0.3 is 0 Å². The highest BCUT2D eigenvalue weighted by atomic mass is 19.1. The lowest BCUT2D eigenvalue weighted by Gasteiger charge is -2.26. The first-order valence-corrected chi connectivity index (χ1v) is 6.74. The first-order chi connectivity index (χ1) is 9.74. The lowest BCUT2D eigenvalue weighted by atomic mass is 9.87. The highest BCUT2D eigenvalue weighted by molar-refractivity contribution is 5.92. The maximum absolute atomic E-state index is 13.3. The molecule has 3 rings (SSSR count). The van der Waals surface area contributed by atoms with E-state index in [-0.39, 0.29) is 17.8 Å². The lowest BCUT2D eigenvalue weighted by Crippen LogP contribution is -2.31. The fourth-order valence-corrected chi connectivity index (χ4v) is 2.66. The minimum absolute atomic E-state index is 0.0612. The van der Waals surface area contributed by atoms with Crippen LogP contribution in [0.1, 0.15) is 40.5 Å². The van der Waals surface area contributed by atoms with Gasteiger partial charge in [-0.05, 0) is 54.7 Å². The molecule has 1 aromatic heterocycles. The summed E-state index contributed by atoms with van der Waals surface area (Å²) >= 11 is 0. The van der Waals surface area contributed by atoms with E-state index in [1.54, 1.807) is 36.5 Å². The summed E-state index contributed by atoms with van der Waals surface area (Å²) in [6, 6.07) is 9.96. The predicted molar refractivity (Wildman–Crippen MR) is 73.8 cm³/mol. The Hall–Kier alpha value is -2.23. The molecule has 4 heteroatoms. The number of fused-ring (bicyclic) bond motifs is 1. The average Bonchev–Trinajstić information content (AvgIpc) is 2.48. The number of benzene rings is 1. The van der Waals surface area contributed by atoms with Crippen LogP contribution in [0.5, 0.6) is 0 Å². The van der Waals surface area contributed by atoms with Crippen molar-refractivity contribution in [2.45, 2.75) is 25.3 Å². The van der Waals surface area contributed by atoms with Crippen molar-refractivity contribution in [3.63, 3.8) is 0 Å². The Kier molecular flexibility index (Phi) is 3.46. The van der Waals surface area contributed by atoms with Gasteiger partial charge in [-0.15, -0.1) is 0 Å². The first kappa shape index (κ1) is 12.8. The van der Waals surface area contributed by atoms with Gasteiger partial charge in [-0.3, -0.25) is 9.78 Å². The molecule has 0 radical (unpaired) electrons. The van der Waals surface area contributed by atoms with Gasteiger partial charge in [-0.1, -0.05) is 12.1 Å². The molecule has 1 unspecified atom stereocenters. The highest BCUT2D eigenvalue weighted by Crippen LogP contribution is 2.30. The number of nitrogens with one attached hydrogen (secondary N) is 1. The number of carbonyl (C=O) groups excluding carboxylic acids is 1. The van der Waals surface area contributed by atoms with Crippen molar-refractivity contribution in [2.24, 2.45) is 0 Å². The molecule has 0 fully saturated rings. The number of amides is 1. The SMILES string of the molecule is O=C(NC1CCCc2cc(F)ccc21)c1ccccn1. The maximum Gasteiger partial charge on any atom is 0.270 e. The van der Waals surface area contributed by atoms with Crippen LogP contribution in [0.15, 0.2) is 42.6 Å². The Morgan fingerprint density at radius 3 is 3.00 bits per heavy atom. The van der Waals surface area contributed by atoms with Gasteiger partial charge in [0.1, 0.15) is 11.5 Å². The third-order valence-corrected chi connectivity index (χ3v) is 3.62. The van der Waals surface area contributed by atoms with Crippen LogP contribution in [0, 0.1) is 5.82 Å². The largest absolute Gasteiger partial charge is 0.344 e. The van der Waals surface area contributed by atoms with Gasteiger partial charge in [-0.25, -0.2) is 4.39 Å². The summed E-state index contributed by atoms with van der Waals surface area (Å²) in [5.41, 5.74) is 2.41. The molecule has 20 heavy (non-hydrogen) atoms. The topological polar surface area (TPSA) is 42.0 Å². The molecule has 0 spiro atoms. The highest BCUT2D eigenvalue weighted by Gasteiger charge is 2.22. The fraction of sp³-hybridized carbons (Fsp3) is 0.250. The molecule has 1 N–H and O–H groups in total. The van der Waals surface area contributed by atoms with Crippen LogP contribution in [-0.2, 0) is 6.42 Å². The van der Waals surface area contributed by atoms with Crippen molar-refractivity contribution in [1.82, 2.24) is 10.3 Å². The molecule has 102 valence electrons. The molecule has 1 aromatic carbocycles. The van der Waals surface area contributed by atoms with Crippen molar-refractivity contribution in [3.05, 3.63) is 65.2 Å². The summed E-state index contributed by atoms with van der Waals surface area (Å²) in [6.07, 6.45) is 4.28. The summed E-state index contributed by atoms with van der Waals surface area (Å²) < 4.78 is 13.3. The Balaban J connectivity index is 1.81. The number of pyridine rings is 1. The Bertz CT molecular complexity index is 628. The predicted octanol–water partition coefficient (Wildman–Crippen LogP) is 3.03. The molecule has 0 bridgehead atoms. The molecule has 1 amide bonds. The number of rotatable bonds is 2. The second-order valence-corrected chi connectivity index (χ2v) is 4.98. The standard InChI is InChI=1S/C16H15FN2O/c17-12-7-8-13-11(10-12)4-3-6-14(13)19-16(20)15-5-1-2-9-18-15/h1-2,5,7-10,14H,3-4,6H2,(H,19,20). The van der Waals surface area contributed by atoms with Gasteiger partial charge in [0.05, 0.1) is 6.04 Å². The molecule has 0 saturated carbocycles. The number of aromatic nitrogens is 1. The van der Waals surface area contributed by atoms with Crippen molar-refractivity contribution < 1.29 is 9.18 Å². The van der Waals surface area contributed by atoms with E-state index in [0.717, 1.165) is 30.4 Å². The average molecular weight is 270 g/mol. The summed E-state index contributed by atoms with van der Waals surface area (Å²) in [4.78, 5) is 16.2. The number of carbonyl (C=O) groups is 1. The Morgan fingerprint density at radius 2 is 2.20 bits per heavy atom. The molecule has 1 atom stereocenters. The van der Waals surface area contributed by atoms with E-state index < -0.39 is 0 Å². The van der Waals surface area contributed by atoms with E-state index in [0.29, 0.717) is 5.69 Å². The van der Waals surface area contributed by atoms with Crippen molar-refractivity contribution in [2.75, 3.05) is 0 Å². The van der Waals surface area contributed by atoms with Crippen LogP contribution in [0.2, 0.25) is 0 Å². The van der Waals surface area contributed by atoms with Crippen LogP contribution < -0.4 is 5.32 Å². The quantitative estimate of drug-likeness (QED) is 0.911. The van der Waals surface area contributed by atoms with Crippen LogP contribution in [0.3, 0.4) is 0 Å². The molecule has 2 aromatic rings. The number of aryl methyl sites for hydroxylation is 1. The second kappa shape index (κ2) is 5.41. The van der Waals surface area contributed by atoms with Crippen molar-refractivity contribution in [1.29, 1.82) is 0 Å². The zero-order valence-corrected chi connectivity index (χ0v) is 11.0. The molecule has 1 aliphatic carbocycles. The molecule has 0 aliphatic heterocycles. The summed E-state index contributed by atoms with van der Waals surface area (Å²) in [7, 11) is 0. The maximum atomic E-state index is 13.3. The first-order valence-electron chi connectivity index (χ1n) is 6.74. The number of nitrogens with zero attached hydrogens (tertiary/aromatic N) is 1. The molecule has 0 saturated heterocycles. The van der Waals surface area contributed by atoms with E-state index in [1.807, 2.05) is 0 Å². The zero-order valence-electron chi connectivity index (χ0n) is 11.0. The third kappa shape index (κ3) is 2.54. The van der Waals surface area contributed by atoms with E-state index in [2.05, 4.69) is 10.3 Å². The second-order valence-electron chi connectivity index (χ2n) is 4.98. The molecule has 3 nitrogen and oxygen atoms in total. The summed E-state index contributed by atoms with van der Waals surface area (Å²) in [5.74, 6) is -0.409. The van der Waals surface area contributed by atoms with Gasteiger partial charge in [0, 0.05) is 6.20 Å². The van der Waals surface area contributed by atoms with Crippen molar-refractivity contribution >= 4 is 5.91 Å². The van der Waals surface area contributed by atoms with Crippen LogP contribution >= 0.6 is 0 Å².